The minimum Gasteiger partial charge on any atom is -0.404 e. The van der Waals surface area contributed by atoms with Gasteiger partial charge >= 0.3 is 0 Å². The summed E-state index contributed by atoms with van der Waals surface area (Å²) in [5.74, 6) is 0.200. The van der Waals surface area contributed by atoms with E-state index in [1.807, 2.05) is 12.1 Å². The molecule has 0 saturated carbocycles. The van der Waals surface area contributed by atoms with Crippen LogP contribution in [0.4, 0.5) is 0 Å². The van der Waals surface area contributed by atoms with Gasteiger partial charge < -0.3 is 15.2 Å². The number of halogens is 1. The second-order valence-electron chi connectivity index (χ2n) is 5.29. The van der Waals surface area contributed by atoms with E-state index in [9.17, 15) is 0 Å². The Morgan fingerprint density at radius 1 is 1.29 bits per heavy atom. The summed E-state index contributed by atoms with van der Waals surface area (Å²) in [4.78, 5) is 13.1. The van der Waals surface area contributed by atoms with Crippen molar-refractivity contribution >= 4 is 34.4 Å². The predicted octanol–water partition coefficient (Wildman–Crippen LogP) is 2.56. The molecule has 0 aliphatic heterocycles. The van der Waals surface area contributed by atoms with Crippen LogP contribution in [0.5, 0.6) is 0 Å². The van der Waals surface area contributed by atoms with Crippen LogP contribution in [0.2, 0.25) is 5.15 Å². The molecule has 0 aliphatic carbocycles. The third-order valence-corrected chi connectivity index (χ3v) is 3.63. The van der Waals surface area contributed by atoms with Gasteiger partial charge in [0, 0.05) is 56.4 Å². The number of rotatable bonds is 8. The minimum absolute atomic E-state index is 0.200. The quantitative estimate of drug-likeness (QED) is 0.585. The van der Waals surface area contributed by atoms with Gasteiger partial charge in [0.25, 0.3) is 0 Å². The molecule has 0 saturated heterocycles. The zero-order chi connectivity index (χ0) is 17.4. The van der Waals surface area contributed by atoms with Gasteiger partial charge in [0.1, 0.15) is 5.15 Å². The molecule has 2 rings (SSSR count). The fourth-order valence-corrected chi connectivity index (χ4v) is 2.43. The van der Waals surface area contributed by atoms with Crippen molar-refractivity contribution in [2.24, 2.45) is 16.6 Å². The van der Waals surface area contributed by atoms with Crippen LogP contribution in [-0.4, -0.2) is 50.2 Å². The predicted molar refractivity (Wildman–Crippen MR) is 97.3 cm³/mol. The zero-order valence-electron chi connectivity index (χ0n) is 13.8. The second-order valence-corrected chi connectivity index (χ2v) is 5.68. The molecule has 7 heteroatoms. The van der Waals surface area contributed by atoms with E-state index in [4.69, 9.17) is 26.8 Å². The SMILES string of the molecule is COCC(CN=CC(=CN)c1cnc2ccc(Cl)nc2c1)COC. The molecular formula is C17H21ClN4O2. The van der Waals surface area contributed by atoms with Crippen LogP contribution in [0, 0.1) is 5.92 Å². The molecule has 0 aliphatic rings. The standard InChI is InChI=1S/C17H21ClN4O2/c1-23-10-12(11-24-2)7-20-8-14(6-19)13-5-16-15(21-9-13)3-4-17(18)22-16/h3-6,8-9,12H,7,10-11,19H2,1-2H3. The highest BCUT2D eigenvalue weighted by molar-refractivity contribution is 6.29. The summed E-state index contributed by atoms with van der Waals surface area (Å²) in [7, 11) is 3.33. The highest BCUT2D eigenvalue weighted by Gasteiger charge is 2.07. The maximum Gasteiger partial charge on any atom is 0.129 e. The smallest absolute Gasteiger partial charge is 0.129 e. The van der Waals surface area contributed by atoms with Gasteiger partial charge in [-0.1, -0.05) is 11.6 Å². The van der Waals surface area contributed by atoms with Gasteiger partial charge in [-0.25, -0.2) is 4.98 Å². The summed E-state index contributed by atoms with van der Waals surface area (Å²) in [6, 6.07) is 5.43. The van der Waals surface area contributed by atoms with Crippen molar-refractivity contribution in [1.29, 1.82) is 0 Å². The van der Waals surface area contributed by atoms with Crippen LogP contribution in [0.3, 0.4) is 0 Å². The third kappa shape index (κ3) is 4.99. The molecule has 24 heavy (non-hydrogen) atoms. The van der Waals surface area contributed by atoms with Crippen LogP contribution >= 0.6 is 11.6 Å². The largest absolute Gasteiger partial charge is 0.404 e. The topological polar surface area (TPSA) is 82.6 Å². The van der Waals surface area contributed by atoms with Crippen molar-refractivity contribution in [2.45, 2.75) is 0 Å². The van der Waals surface area contributed by atoms with Crippen LogP contribution in [0.25, 0.3) is 16.6 Å². The Balaban J connectivity index is 2.14. The van der Waals surface area contributed by atoms with Crippen LogP contribution in [0.1, 0.15) is 5.56 Å². The molecule has 0 aromatic carbocycles. The molecular weight excluding hydrogens is 328 g/mol. The lowest BCUT2D eigenvalue weighted by atomic mass is 10.1. The van der Waals surface area contributed by atoms with Gasteiger partial charge in [-0.05, 0) is 18.2 Å². The molecule has 0 spiro atoms. The van der Waals surface area contributed by atoms with E-state index in [2.05, 4.69) is 15.0 Å². The number of hydrogen-bond donors (Lipinski definition) is 1. The van der Waals surface area contributed by atoms with Gasteiger partial charge in [0.2, 0.25) is 0 Å². The Morgan fingerprint density at radius 2 is 2.04 bits per heavy atom. The first-order chi connectivity index (χ1) is 11.7. The zero-order valence-corrected chi connectivity index (χ0v) is 14.5. The van der Waals surface area contributed by atoms with Crippen molar-refractivity contribution in [1.82, 2.24) is 9.97 Å². The molecule has 2 aromatic rings. The normalized spacial score (nSPS) is 12.6. The number of methoxy groups -OCH3 is 2. The summed E-state index contributed by atoms with van der Waals surface area (Å²) < 4.78 is 10.3. The molecule has 128 valence electrons. The number of nitrogens with zero attached hydrogens (tertiary/aromatic N) is 3. The minimum atomic E-state index is 0.200. The van der Waals surface area contributed by atoms with Crippen molar-refractivity contribution in [3.8, 4) is 0 Å². The third-order valence-electron chi connectivity index (χ3n) is 3.41. The summed E-state index contributed by atoms with van der Waals surface area (Å²) in [5.41, 5.74) is 8.82. The maximum absolute atomic E-state index is 5.93. The molecule has 2 aromatic heterocycles. The van der Waals surface area contributed by atoms with E-state index in [1.165, 1.54) is 6.20 Å². The Kier molecular flexibility index (Phi) is 7.11. The van der Waals surface area contributed by atoms with Crippen molar-refractivity contribution in [3.05, 3.63) is 41.3 Å². The molecule has 2 heterocycles. The number of nitrogens with two attached hydrogens (primary N) is 1. The molecule has 2 N–H and O–H groups in total. The fourth-order valence-electron chi connectivity index (χ4n) is 2.28. The Bertz CT molecular complexity index is 728. The van der Waals surface area contributed by atoms with Crippen molar-refractivity contribution in [2.75, 3.05) is 34.0 Å². The number of fused-ring (bicyclic) bond motifs is 1. The summed E-state index contributed by atoms with van der Waals surface area (Å²) >= 11 is 5.93. The molecule has 6 nitrogen and oxygen atoms in total. The van der Waals surface area contributed by atoms with Gasteiger partial charge in [0.05, 0.1) is 24.2 Å². The van der Waals surface area contributed by atoms with Crippen molar-refractivity contribution < 1.29 is 9.47 Å². The number of aromatic nitrogens is 2. The van der Waals surface area contributed by atoms with E-state index in [-0.39, 0.29) is 5.92 Å². The number of pyridine rings is 2. The summed E-state index contributed by atoms with van der Waals surface area (Å²) in [6.45, 7) is 1.77. The van der Waals surface area contributed by atoms with E-state index < -0.39 is 0 Å². The van der Waals surface area contributed by atoms with Gasteiger partial charge in [-0.3, -0.25) is 9.98 Å². The van der Waals surface area contributed by atoms with Crippen molar-refractivity contribution in [3.63, 3.8) is 0 Å². The number of ether oxygens (including phenoxy) is 2. The Labute approximate surface area is 146 Å². The molecule has 0 amide bonds. The van der Waals surface area contributed by atoms with E-state index in [1.54, 1.807) is 32.7 Å². The highest BCUT2D eigenvalue weighted by Crippen LogP contribution is 2.18. The molecule has 0 fully saturated rings. The van der Waals surface area contributed by atoms with E-state index in [0.29, 0.717) is 30.4 Å². The molecule has 0 radical (unpaired) electrons. The number of aliphatic imine (C=N–C) groups is 1. The number of allylic oxidation sites excluding steroid dienone is 1. The summed E-state index contributed by atoms with van der Waals surface area (Å²) in [6.07, 6.45) is 4.97. The maximum atomic E-state index is 5.93. The summed E-state index contributed by atoms with van der Waals surface area (Å²) in [5, 5.41) is 0.426. The molecule has 0 unspecified atom stereocenters. The average Bonchev–Trinajstić information content (AvgIpc) is 2.58. The van der Waals surface area contributed by atoms with Crippen LogP contribution in [-0.2, 0) is 9.47 Å². The second kappa shape index (κ2) is 9.32. The molecule has 0 atom stereocenters. The van der Waals surface area contributed by atoms with Gasteiger partial charge in [-0.15, -0.1) is 0 Å². The van der Waals surface area contributed by atoms with Gasteiger partial charge in [-0.2, -0.15) is 0 Å². The van der Waals surface area contributed by atoms with E-state index >= 15 is 0 Å². The monoisotopic (exact) mass is 348 g/mol. The first kappa shape index (κ1) is 18.3. The van der Waals surface area contributed by atoms with Gasteiger partial charge in [0.15, 0.2) is 0 Å². The Hall–Kier alpha value is -2.02. The first-order valence-corrected chi connectivity index (χ1v) is 7.88. The fraction of sp³-hybridized carbons (Fsp3) is 0.353. The highest BCUT2D eigenvalue weighted by atomic mass is 35.5. The molecule has 0 bridgehead atoms. The lowest BCUT2D eigenvalue weighted by Crippen LogP contribution is -2.17. The van der Waals surface area contributed by atoms with E-state index in [0.717, 1.165) is 16.7 Å². The van der Waals surface area contributed by atoms with Crippen LogP contribution < -0.4 is 5.73 Å². The van der Waals surface area contributed by atoms with Crippen LogP contribution in [0.15, 0.2) is 35.6 Å². The average molecular weight is 349 g/mol. The Morgan fingerprint density at radius 3 is 2.71 bits per heavy atom. The first-order valence-electron chi connectivity index (χ1n) is 7.50. The lowest BCUT2D eigenvalue weighted by Gasteiger charge is -2.12. The number of hydrogen-bond acceptors (Lipinski definition) is 6. The lowest BCUT2D eigenvalue weighted by molar-refractivity contribution is 0.0889.